The summed E-state index contributed by atoms with van der Waals surface area (Å²) in [6, 6.07) is 6.07. The standard InChI is InChI=1S/C17H25NO4/c1-12(2)17(11-18,9-6-10-19)13-7-8-14(20-3)16(22-5)15(13)21-4/h7-8,12,19H,6,9-10H2,1-5H3. The van der Waals surface area contributed by atoms with E-state index >= 15 is 0 Å². The van der Waals surface area contributed by atoms with Gasteiger partial charge in [0.15, 0.2) is 11.5 Å². The third kappa shape index (κ3) is 3.12. The van der Waals surface area contributed by atoms with Crippen molar-refractivity contribution in [1.29, 1.82) is 5.26 Å². The van der Waals surface area contributed by atoms with E-state index in [-0.39, 0.29) is 12.5 Å². The van der Waals surface area contributed by atoms with Crippen molar-refractivity contribution in [3.8, 4) is 23.3 Å². The Kier molecular flexibility index (Phi) is 6.51. The van der Waals surface area contributed by atoms with Crippen molar-refractivity contribution in [1.82, 2.24) is 0 Å². The molecule has 1 aromatic carbocycles. The van der Waals surface area contributed by atoms with Gasteiger partial charge in [-0.1, -0.05) is 13.8 Å². The van der Waals surface area contributed by atoms with Crippen molar-refractivity contribution in [2.75, 3.05) is 27.9 Å². The highest BCUT2D eigenvalue weighted by molar-refractivity contribution is 5.59. The largest absolute Gasteiger partial charge is 0.493 e. The number of benzene rings is 1. The zero-order valence-corrected chi connectivity index (χ0v) is 14.0. The second-order valence-electron chi connectivity index (χ2n) is 5.45. The van der Waals surface area contributed by atoms with Crippen LogP contribution in [0.3, 0.4) is 0 Å². The Bertz CT molecular complexity index is 536. The van der Waals surface area contributed by atoms with E-state index in [9.17, 15) is 10.4 Å². The maximum absolute atomic E-state index is 9.88. The Labute approximate surface area is 132 Å². The predicted octanol–water partition coefficient (Wildman–Crippen LogP) is 2.90. The lowest BCUT2D eigenvalue weighted by molar-refractivity contribution is 0.252. The van der Waals surface area contributed by atoms with Crippen molar-refractivity contribution in [3.63, 3.8) is 0 Å². The van der Waals surface area contributed by atoms with Crippen LogP contribution in [0.1, 0.15) is 32.3 Å². The number of ether oxygens (including phenoxy) is 3. The first-order valence-electron chi connectivity index (χ1n) is 7.33. The molecule has 0 amide bonds. The first-order chi connectivity index (χ1) is 10.5. The molecule has 0 heterocycles. The predicted molar refractivity (Wildman–Crippen MR) is 84.5 cm³/mol. The molecule has 0 saturated heterocycles. The van der Waals surface area contributed by atoms with Crippen molar-refractivity contribution < 1.29 is 19.3 Å². The Morgan fingerprint density at radius 1 is 1.14 bits per heavy atom. The molecule has 0 spiro atoms. The molecular formula is C17H25NO4. The van der Waals surface area contributed by atoms with Gasteiger partial charge in [0.05, 0.1) is 32.8 Å². The van der Waals surface area contributed by atoms with Crippen LogP contribution in [0.5, 0.6) is 17.2 Å². The molecule has 0 fully saturated rings. The average Bonchev–Trinajstić information content (AvgIpc) is 2.54. The minimum atomic E-state index is -0.756. The molecule has 0 aliphatic carbocycles. The van der Waals surface area contributed by atoms with Gasteiger partial charge < -0.3 is 19.3 Å². The SMILES string of the molecule is COc1ccc(C(C#N)(CCCO)C(C)C)c(OC)c1OC. The monoisotopic (exact) mass is 307 g/mol. The van der Waals surface area contributed by atoms with Crippen LogP contribution >= 0.6 is 0 Å². The highest BCUT2D eigenvalue weighted by atomic mass is 16.5. The van der Waals surface area contributed by atoms with Gasteiger partial charge in [-0.05, 0) is 30.9 Å². The molecule has 1 N–H and O–H groups in total. The number of methoxy groups -OCH3 is 3. The Morgan fingerprint density at radius 3 is 2.18 bits per heavy atom. The summed E-state index contributed by atoms with van der Waals surface area (Å²) in [5.74, 6) is 1.60. The van der Waals surface area contributed by atoms with Gasteiger partial charge in [0.25, 0.3) is 0 Å². The molecule has 0 aromatic heterocycles. The van der Waals surface area contributed by atoms with E-state index in [1.807, 2.05) is 19.9 Å². The number of nitrogens with zero attached hydrogens (tertiary/aromatic N) is 1. The molecule has 0 aliphatic rings. The summed E-state index contributed by atoms with van der Waals surface area (Å²) in [7, 11) is 4.65. The van der Waals surface area contributed by atoms with Crippen LogP contribution in [-0.4, -0.2) is 33.0 Å². The molecule has 0 saturated carbocycles. The van der Waals surface area contributed by atoms with E-state index in [0.29, 0.717) is 30.1 Å². The minimum Gasteiger partial charge on any atom is -0.493 e. The first-order valence-corrected chi connectivity index (χ1v) is 7.33. The van der Waals surface area contributed by atoms with E-state index in [2.05, 4.69) is 6.07 Å². The summed E-state index contributed by atoms with van der Waals surface area (Å²) in [6.07, 6.45) is 1.09. The summed E-state index contributed by atoms with van der Waals surface area (Å²) >= 11 is 0. The summed E-state index contributed by atoms with van der Waals surface area (Å²) in [5.41, 5.74) is 0.00627. The molecule has 22 heavy (non-hydrogen) atoms. The molecule has 5 nitrogen and oxygen atoms in total. The van der Waals surface area contributed by atoms with E-state index < -0.39 is 5.41 Å². The van der Waals surface area contributed by atoms with Crippen LogP contribution in [0.2, 0.25) is 0 Å². The number of aliphatic hydroxyl groups is 1. The number of aliphatic hydroxyl groups excluding tert-OH is 1. The summed E-state index contributed by atoms with van der Waals surface area (Å²) < 4.78 is 16.2. The summed E-state index contributed by atoms with van der Waals surface area (Å²) in [5, 5.41) is 19.1. The maximum Gasteiger partial charge on any atom is 0.203 e. The Morgan fingerprint density at radius 2 is 1.77 bits per heavy atom. The fourth-order valence-electron chi connectivity index (χ4n) is 2.79. The van der Waals surface area contributed by atoms with Gasteiger partial charge in [-0.3, -0.25) is 0 Å². The molecule has 1 aromatic rings. The van der Waals surface area contributed by atoms with Crippen LogP contribution in [0.4, 0.5) is 0 Å². The summed E-state index contributed by atoms with van der Waals surface area (Å²) in [4.78, 5) is 0. The quantitative estimate of drug-likeness (QED) is 0.799. The molecule has 5 heteroatoms. The highest BCUT2D eigenvalue weighted by Crippen LogP contribution is 2.48. The van der Waals surface area contributed by atoms with Gasteiger partial charge in [0.2, 0.25) is 5.75 Å². The maximum atomic E-state index is 9.88. The van der Waals surface area contributed by atoms with E-state index in [1.54, 1.807) is 27.4 Å². The summed E-state index contributed by atoms with van der Waals surface area (Å²) in [6.45, 7) is 4.04. The number of hydrogen-bond acceptors (Lipinski definition) is 5. The van der Waals surface area contributed by atoms with E-state index in [0.717, 1.165) is 5.56 Å². The third-order valence-electron chi connectivity index (χ3n) is 4.10. The molecule has 0 aliphatic heterocycles. The smallest absolute Gasteiger partial charge is 0.203 e. The lowest BCUT2D eigenvalue weighted by Gasteiger charge is -2.33. The van der Waals surface area contributed by atoms with Gasteiger partial charge in [-0.15, -0.1) is 0 Å². The van der Waals surface area contributed by atoms with E-state index in [4.69, 9.17) is 14.2 Å². The molecule has 1 atom stereocenters. The minimum absolute atomic E-state index is 0.0474. The van der Waals surface area contributed by atoms with Gasteiger partial charge in [0.1, 0.15) is 0 Å². The Balaban J connectivity index is 3.58. The van der Waals surface area contributed by atoms with Crippen molar-refractivity contribution in [2.24, 2.45) is 5.92 Å². The Hall–Kier alpha value is -1.93. The van der Waals surface area contributed by atoms with Gasteiger partial charge in [0, 0.05) is 12.2 Å². The third-order valence-corrected chi connectivity index (χ3v) is 4.10. The zero-order valence-electron chi connectivity index (χ0n) is 14.0. The fraction of sp³-hybridized carbons (Fsp3) is 0.588. The fourth-order valence-corrected chi connectivity index (χ4v) is 2.79. The topological polar surface area (TPSA) is 71.7 Å². The van der Waals surface area contributed by atoms with Crippen LogP contribution in [-0.2, 0) is 5.41 Å². The second kappa shape index (κ2) is 7.90. The van der Waals surface area contributed by atoms with Crippen LogP contribution in [0, 0.1) is 17.2 Å². The van der Waals surface area contributed by atoms with Crippen LogP contribution < -0.4 is 14.2 Å². The van der Waals surface area contributed by atoms with Crippen molar-refractivity contribution in [3.05, 3.63) is 17.7 Å². The van der Waals surface area contributed by atoms with Gasteiger partial charge >= 0.3 is 0 Å². The number of rotatable bonds is 8. The van der Waals surface area contributed by atoms with Crippen LogP contribution in [0.15, 0.2) is 12.1 Å². The average molecular weight is 307 g/mol. The van der Waals surface area contributed by atoms with Gasteiger partial charge in [-0.2, -0.15) is 5.26 Å². The van der Waals surface area contributed by atoms with E-state index in [1.165, 1.54) is 0 Å². The number of nitriles is 1. The highest BCUT2D eigenvalue weighted by Gasteiger charge is 2.39. The van der Waals surface area contributed by atoms with Gasteiger partial charge in [-0.25, -0.2) is 0 Å². The second-order valence-corrected chi connectivity index (χ2v) is 5.45. The lowest BCUT2D eigenvalue weighted by Crippen LogP contribution is -2.31. The zero-order chi connectivity index (χ0) is 16.8. The first kappa shape index (κ1) is 18.1. The molecule has 1 rings (SSSR count). The molecule has 0 bridgehead atoms. The molecule has 1 unspecified atom stereocenters. The molecular weight excluding hydrogens is 282 g/mol. The lowest BCUT2D eigenvalue weighted by atomic mass is 9.69. The van der Waals surface area contributed by atoms with Crippen molar-refractivity contribution in [2.45, 2.75) is 32.1 Å². The number of hydrogen-bond donors (Lipinski definition) is 1. The van der Waals surface area contributed by atoms with Crippen molar-refractivity contribution >= 4 is 0 Å². The molecule has 0 radical (unpaired) electrons. The normalized spacial score (nSPS) is 13.4. The van der Waals surface area contributed by atoms with Crippen LogP contribution in [0.25, 0.3) is 0 Å². The molecule has 122 valence electrons.